The van der Waals surface area contributed by atoms with E-state index in [1.807, 2.05) is 4.90 Å². The number of nitrogens with zero attached hydrogens (tertiary/aromatic N) is 2. The molecule has 1 aromatic rings. The highest BCUT2D eigenvalue weighted by Gasteiger charge is 2.37. The van der Waals surface area contributed by atoms with Crippen molar-refractivity contribution in [3.63, 3.8) is 0 Å². The Labute approximate surface area is 123 Å². The highest BCUT2D eigenvalue weighted by molar-refractivity contribution is 5.81. The van der Waals surface area contributed by atoms with Crippen LogP contribution in [0.1, 0.15) is 37.9 Å². The molecule has 1 amide bonds. The van der Waals surface area contributed by atoms with Gasteiger partial charge in [0, 0.05) is 18.2 Å². The van der Waals surface area contributed by atoms with Crippen molar-refractivity contribution in [1.29, 1.82) is 0 Å². The number of amides is 1. The third-order valence-corrected chi connectivity index (χ3v) is 4.28. The number of nitro groups is 1. The number of carbonyl (C=O) groups excluding carboxylic acids is 1. The molecule has 2 fully saturated rings. The molecule has 6 nitrogen and oxygen atoms in total. The molecule has 1 saturated heterocycles. The van der Waals surface area contributed by atoms with Crippen LogP contribution in [0.5, 0.6) is 0 Å². The van der Waals surface area contributed by atoms with Crippen LogP contribution in [0.2, 0.25) is 0 Å². The first-order valence-electron chi connectivity index (χ1n) is 7.35. The topological polar surface area (TPSA) is 75.5 Å². The van der Waals surface area contributed by atoms with Crippen LogP contribution in [0, 0.1) is 16.0 Å². The van der Waals surface area contributed by atoms with E-state index in [0.29, 0.717) is 6.54 Å². The van der Waals surface area contributed by atoms with Crippen molar-refractivity contribution in [3.8, 4) is 0 Å². The molecule has 0 aromatic heterocycles. The molecule has 1 N–H and O–H groups in total. The lowest BCUT2D eigenvalue weighted by Gasteiger charge is -2.30. The van der Waals surface area contributed by atoms with Crippen molar-refractivity contribution in [1.82, 2.24) is 10.2 Å². The maximum Gasteiger partial charge on any atom is 0.269 e. The smallest absolute Gasteiger partial charge is 0.269 e. The molecule has 2 atom stereocenters. The SMILES string of the molecule is CC(CC1CC1)N1C(=O)CNC1c1ccc([N+](=O)[O-])cc1. The summed E-state index contributed by atoms with van der Waals surface area (Å²) in [5.74, 6) is 0.859. The summed E-state index contributed by atoms with van der Waals surface area (Å²) in [6.45, 7) is 2.41. The molecule has 3 rings (SSSR count). The standard InChI is InChI=1S/C15H19N3O3/c1-10(8-11-2-3-11)17-14(19)9-16-15(17)12-4-6-13(7-5-12)18(20)21/h4-7,10-11,15-16H,2-3,8-9H2,1H3. The summed E-state index contributed by atoms with van der Waals surface area (Å²) in [5.41, 5.74) is 0.967. The van der Waals surface area contributed by atoms with Gasteiger partial charge in [-0.2, -0.15) is 0 Å². The van der Waals surface area contributed by atoms with E-state index in [2.05, 4.69) is 12.2 Å². The Hall–Kier alpha value is -1.95. The number of non-ortho nitro benzene ring substituents is 1. The molecule has 1 aromatic carbocycles. The molecular formula is C15H19N3O3. The number of carbonyl (C=O) groups is 1. The van der Waals surface area contributed by atoms with Gasteiger partial charge in [-0.15, -0.1) is 0 Å². The predicted octanol–water partition coefficient (Wildman–Crippen LogP) is 2.21. The van der Waals surface area contributed by atoms with Gasteiger partial charge in [-0.1, -0.05) is 12.8 Å². The Balaban J connectivity index is 1.78. The van der Waals surface area contributed by atoms with Gasteiger partial charge >= 0.3 is 0 Å². The number of hydrogen-bond donors (Lipinski definition) is 1. The van der Waals surface area contributed by atoms with Gasteiger partial charge in [0.15, 0.2) is 0 Å². The third kappa shape index (κ3) is 2.90. The lowest BCUT2D eigenvalue weighted by molar-refractivity contribution is -0.384. The predicted molar refractivity (Wildman–Crippen MR) is 77.5 cm³/mol. The fourth-order valence-electron chi connectivity index (χ4n) is 3.02. The molecule has 1 aliphatic carbocycles. The third-order valence-electron chi connectivity index (χ3n) is 4.28. The van der Waals surface area contributed by atoms with Crippen LogP contribution < -0.4 is 5.32 Å². The number of hydrogen-bond acceptors (Lipinski definition) is 4. The van der Waals surface area contributed by atoms with Crippen LogP contribution in [0.3, 0.4) is 0 Å². The van der Waals surface area contributed by atoms with E-state index < -0.39 is 4.92 Å². The van der Waals surface area contributed by atoms with Crippen LogP contribution in [-0.2, 0) is 4.79 Å². The summed E-state index contributed by atoms with van der Waals surface area (Å²) in [6, 6.07) is 6.63. The molecule has 112 valence electrons. The van der Waals surface area contributed by atoms with Crippen LogP contribution in [0.4, 0.5) is 5.69 Å². The molecule has 6 heteroatoms. The lowest BCUT2D eigenvalue weighted by Crippen LogP contribution is -2.38. The van der Waals surface area contributed by atoms with E-state index in [9.17, 15) is 14.9 Å². The van der Waals surface area contributed by atoms with E-state index in [1.165, 1.54) is 25.0 Å². The number of nitrogens with one attached hydrogen (secondary N) is 1. The molecule has 1 aliphatic heterocycles. The van der Waals surface area contributed by atoms with Gasteiger partial charge in [0.2, 0.25) is 5.91 Å². The summed E-state index contributed by atoms with van der Waals surface area (Å²) >= 11 is 0. The average Bonchev–Trinajstić information content (AvgIpc) is 3.18. The summed E-state index contributed by atoms with van der Waals surface area (Å²) < 4.78 is 0. The second kappa shape index (κ2) is 5.44. The maximum absolute atomic E-state index is 12.1. The molecule has 2 unspecified atom stereocenters. The fourth-order valence-corrected chi connectivity index (χ4v) is 3.02. The molecule has 1 heterocycles. The Kier molecular flexibility index (Phi) is 3.63. The van der Waals surface area contributed by atoms with Gasteiger partial charge in [-0.05, 0) is 37.0 Å². The highest BCUT2D eigenvalue weighted by Crippen LogP contribution is 2.37. The Morgan fingerprint density at radius 3 is 2.62 bits per heavy atom. The van der Waals surface area contributed by atoms with Gasteiger partial charge in [0.05, 0.1) is 11.5 Å². The van der Waals surface area contributed by atoms with E-state index in [-0.39, 0.29) is 23.8 Å². The van der Waals surface area contributed by atoms with Gasteiger partial charge in [0.25, 0.3) is 5.69 Å². The monoisotopic (exact) mass is 289 g/mol. The van der Waals surface area contributed by atoms with Crippen molar-refractivity contribution in [2.75, 3.05) is 6.54 Å². The zero-order chi connectivity index (χ0) is 15.0. The van der Waals surface area contributed by atoms with Gasteiger partial charge < -0.3 is 4.90 Å². The Morgan fingerprint density at radius 1 is 1.38 bits per heavy atom. The summed E-state index contributed by atoms with van der Waals surface area (Å²) in [5, 5.41) is 13.9. The quantitative estimate of drug-likeness (QED) is 0.666. The average molecular weight is 289 g/mol. The molecular weight excluding hydrogens is 270 g/mol. The van der Waals surface area contributed by atoms with Crippen LogP contribution in [-0.4, -0.2) is 28.3 Å². The van der Waals surface area contributed by atoms with E-state index in [0.717, 1.165) is 17.9 Å². The van der Waals surface area contributed by atoms with Gasteiger partial charge in [-0.3, -0.25) is 20.2 Å². The van der Waals surface area contributed by atoms with E-state index >= 15 is 0 Å². The lowest BCUT2D eigenvalue weighted by atomic mass is 10.1. The summed E-state index contributed by atoms with van der Waals surface area (Å²) in [7, 11) is 0. The van der Waals surface area contributed by atoms with E-state index in [4.69, 9.17) is 0 Å². The Morgan fingerprint density at radius 2 is 2.05 bits per heavy atom. The van der Waals surface area contributed by atoms with Crippen LogP contribution >= 0.6 is 0 Å². The van der Waals surface area contributed by atoms with Crippen LogP contribution in [0.15, 0.2) is 24.3 Å². The maximum atomic E-state index is 12.1. The number of rotatable bonds is 5. The normalized spacial score (nSPS) is 23.4. The first-order valence-corrected chi connectivity index (χ1v) is 7.35. The number of nitro benzene ring substituents is 1. The minimum atomic E-state index is -0.412. The van der Waals surface area contributed by atoms with Crippen molar-refractivity contribution in [2.24, 2.45) is 5.92 Å². The molecule has 21 heavy (non-hydrogen) atoms. The van der Waals surface area contributed by atoms with Crippen molar-refractivity contribution < 1.29 is 9.72 Å². The van der Waals surface area contributed by atoms with Crippen molar-refractivity contribution in [2.45, 2.75) is 38.4 Å². The molecule has 2 aliphatic rings. The van der Waals surface area contributed by atoms with Gasteiger partial charge in [0.1, 0.15) is 6.17 Å². The van der Waals surface area contributed by atoms with Crippen molar-refractivity contribution in [3.05, 3.63) is 39.9 Å². The Bertz CT molecular complexity index is 554. The first-order chi connectivity index (χ1) is 10.1. The minimum absolute atomic E-state index is 0.0700. The number of benzene rings is 1. The summed E-state index contributed by atoms with van der Waals surface area (Å²) in [6.07, 6.45) is 3.40. The first kappa shape index (κ1) is 14.0. The van der Waals surface area contributed by atoms with Gasteiger partial charge in [-0.25, -0.2) is 0 Å². The molecule has 1 saturated carbocycles. The minimum Gasteiger partial charge on any atom is -0.319 e. The second-order valence-electron chi connectivity index (χ2n) is 5.96. The zero-order valence-electron chi connectivity index (χ0n) is 12.0. The largest absolute Gasteiger partial charge is 0.319 e. The van der Waals surface area contributed by atoms with Crippen molar-refractivity contribution >= 4 is 11.6 Å². The highest BCUT2D eigenvalue weighted by atomic mass is 16.6. The molecule has 0 radical (unpaired) electrons. The molecule has 0 bridgehead atoms. The van der Waals surface area contributed by atoms with E-state index in [1.54, 1.807) is 12.1 Å². The molecule has 0 spiro atoms. The van der Waals surface area contributed by atoms with Crippen LogP contribution in [0.25, 0.3) is 0 Å². The zero-order valence-corrected chi connectivity index (χ0v) is 12.0. The fraction of sp³-hybridized carbons (Fsp3) is 0.533. The second-order valence-corrected chi connectivity index (χ2v) is 5.96. The summed E-state index contributed by atoms with van der Waals surface area (Å²) in [4.78, 5) is 24.3.